The molecule has 0 aliphatic carbocycles. The van der Waals surface area contributed by atoms with Crippen molar-refractivity contribution in [3.8, 4) is 0 Å². The van der Waals surface area contributed by atoms with Gasteiger partial charge in [-0.25, -0.2) is 0 Å². The maximum absolute atomic E-state index is 7.50. The van der Waals surface area contributed by atoms with E-state index in [-0.39, 0.29) is 0 Å². The molecule has 0 aromatic rings. The van der Waals surface area contributed by atoms with Gasteiger partial charge in [0.2, 0.25) is 0 Å². The first-order valence-corrected chi connectivity index (χ1v) is 8.22. The molecule has 19 heavy (non-hydrogen) atoms. The Kier molecular flexibility index (Phi) is 68.4. The Hall–Kier alpha value is -0.941. The molecule has 0 rings (SSSR count). The number of rotatable bonds is 2. The van der Waals surface area contributed by atoms with E-state index in [2.05, 4.69) is 82.2 Å². The van der Waals surface area contributed by atoms with E-state index in [4.69, 9.17) is 23.3 Å². The summed E-state index contributed by atoms with van der Waals surface area (Å²) < 4.78 is 38.8. The van der Waals surface area contributed by atoms with Crippen LogP contribution in [0, 0.1) is 33.3 Å². The van der Waals surface area contributed by atoms with Crippen molar-refractivity contribution in [1.82, 2.24) is 0 Å². The molecule has 0 fully saturated rings. The van der Waals surface area contributed by atoms with Gasteiger partial charge in [0.1, 0.15) is 0 Å². The molecule has 0 amide bonds. The van der Waals surface area contributed by atoms with Gasteiger partial charge in [0.15, 0.2) is 0 Å². The summed E-state index contributed by atoms with van der Waals surface area (Å²) in [4.78, 5) is 0. The third kappa shape index (κ3) is 47.1. The molecule has 0 saturated heterocycles. The molecular weight excluding hydrogens is 304 g/mol. The van der Waals surface area contributed by atoms with Crippen molar-refractivity contribution in [2.75, 3.05) is 0 Å². The minimum atomic E-state index is -1.09. The molecule has 0 aliphatic rings. The average molecular weight is 318 g/mol. The quantitative estimate of drug-likeness (QED) is 0.422. The molecule has 0 N–H and O–H groups in total. The van der Waals surface area contributed by atoms with Crippen molar-refractivity contribution >= 4 is 12.5 Å². The minimum absolute atomic E-state index is 1.09. The Morgan fingerprint density at radius 2 is 0.947 bits per heavy atom. The van der Waals surface area contributed by atoms with E-state index in [1.54, 1.807) is 0 Å². The summed E-state index contributed by atoms with van der Waals surface area (Å²) in [5.41, 5.74) is 0. The Balaban J connectivity index is -0.0000000356. The Morgan fingerprint density at radius 1 is 0.789 bits per heavy atom. The molecule has 0 spiro atoms. The van der Waals surface area contributed by atoms with Crippen molar-refractivity contribution in [1.29, 1.82) is 0 Å². The van der Waals surface area contributed by atoms with Crippen molar-refractivity contribution in [3.05, 3.63) is 45.0 Å². The normalized spacial score (nSPS) is 5.79. The predicted octanol–water partition coefficient (Wildman–Crippen LogP) is 1.97. The van der Waals surface area contributed by atoms with Crippen LogP contribution in [0.15, 0.2) is 11.8 Å². The van der Waals surface area contributed by atoms with Crippen LogP contribution >= 0.6 is 0 Å². The van der Waals surface area contributed by atoms with Crippen LogP contribution in [0.3, 0.4) is 0 Å². The summed E-state index contributed by atoms with van der Waals surface area (Å²) >= 11 is 3.00. The molecule has 0 heterocycles. The maximum atomic E-state index is 7.50. The molecule has 7 heteroatoms. The fourth-order valence-corrected chi connectivity index (χ4v) is 3.02. The van der Waals surface area contributed by atoms with Crippen LogP contribution in [0.25, 0.3) is 0 Å². The van der Waals surface area contributed by atoms with E-state index in [0.717, 1.165) is 0 Å². The molecule has 0 atom stereocenters. The first-order chi connectivity index (χ1) is 8.85. The van der Waals surface area contributed by atoms with Gasteiger partial charge in [-0.3, -0.25) is 0 Å². The summed E-state index contributed by atoms with van der Waals surface area (Å²) in [5.74, 6) is 0. The van der Waals surface area contributed by atoms with E-state index in [9.17, 15) is 0 Å². The molecule has 102 valence electrons. The van der Waals surface area contributed by atoms with Crippen molar-refractivity contribution in [2.24, 2.45) is 0 Å². The Morgan fingerprint density at radius 3 is 0.947 bits per heavy atom. The number of hydrogen-bond donors (Lipinski definition) is 0. The van der Waals surface area contributed by atoms with Crippen LogP contribution in [0.2, 0.25) is 19.6 Å². The molecule has 0 saturated carbocycles. The SMILES string of the molecule is C=C([C](C)=[Cr])[Si](C)(C)C.[C-]#[O+].[C-]#[O+].[C-]#[O+].[C-]#[O+].[C-]#[O+]. The van der Waals surface area contributed by atoms with Crippen LogP contribution in [0.4, 0.5) is 0 Å². The second kappa shape index (κ2) is 36.0. The Bertz CT molecular complexity index is 283. The standard InChI is InChI=1S/C7H14Si.5CO.Cr/c1-6-7(2)8(3,4)5;5*1-2;/h2H2,1,3-5H3;;;;;;. The van der Waals surface area contributed by atoms with Gasteiger partial charge in [0.05, 0.1) is 0 Å². The fraction of sp³-hybridized carbons (Fsp3) is 0.333. The van der Waals surface area contributed by atoms with Crippen molar-refractivity contribution in [3.63, 3.8) is 0 Å². The van der Waals surface area contributed by atoms with Gasteiger partial charge in [0.25, 0.3) is 0 Å². The third-order valence-electron chi connectivity index (χ3n) is 1.33. The van der Waals surface area contributed by atoms with Crippen LogP contribution in [-0.2, 0) is 39.1 Å². The summed E-state index contributed by atoms with van der Waals surface area (Å²) in [7, 11) is -1.09. The molecular formula is C12H14CrO5Si. The average Bonchev–Trinajstić information content (AvgIpc) is 2.47. The number of hydrogen-bond acceptors (Lipinski definition) is 0. The van der Waals surface area contributed by atoms with E-state index in [1.165, 1.54) is 9.58 Å². The second-order valence-corrected chi connectivity index (χ2v) is 9.34. The second-order valence-electron chi connectivity index (χ2n) is 3.28. The van der Waals surface area contributed by atoms with E-state index >= 15 is 0 Å². The zero-order valence-electron chi connectivity index (χ0n) is 11.2. The molecule has 0 radical (unpaired) electrons. The monoisotopic (exact) mass is 318 g/mol. The topological polar surface area (TPSA) is 99.5 Å². The summed E-state index contributed by atoms with van der Waals surface area (Å²) in [6, 6.07) is 0. The van der Waals surface area contributed by atoms with Gasteiger partial charge < -0.3 is 0 Å². The van der Waals surface area contributed by atoms with Gasteiger partial charge in [-0.2, -0.15) is 0 Å². The van der Waals surface area contributed by atoms with Gasteiger partial charge in [-0.15, -0.1) is 0 Å². The van der Waals surface area contributed by atoms with Crippen LogP contribution in [-0.4, -0.2) is 12.5 Å². The zero-order chi connectivity index (χ0) is 17.7. The van der Waals surface area contributed by atoms with Gasteiger partial charge in [0, 0.05) is 0 Å². The van der Waals surface area contributed by atoms with Gasteiger partial charge in [-0.05, 0) is 0 Å². The Labute approximate surface area is 123 Å². The molecule has 0 bridgehead atoms. The van der Waals surface area contributed by atoms with E-state index in [1.807, 2.05) is 0 Å². The molecule has 0 aromatic carbocycles. The predicted molar refractivity (Wildman–Crippen MR) is 62.8 cm³/mol. The van der Waals surface area contributed by atoms with Crippen molar-refractivity contribution < 1.29 is 39.1 Å². The first kappa shape index (κ1) is 36.1. The number of allylic oxidation sites excluding steroid dienone is 1. The summed E-state index contributed by atoms with van der Waals surface area (Å²) in [6.45, 7) is 35.5. The molecule has 5 nitrogen and oxygen atoms in total. The van der Waals surface area contributed by atoms with Crippen LogP contribution in [0.1, 0.15) is 6.92 Å². The van der Waals surface area contributed by atoms with Crippen LogP contribution < -0.4 is 0 Å². The fourth-order valence-electron chi connectivity index (χ4n) is 0.528. The first-order valence-electron chi connectivity index (χ1n) is 4.08. The van der Waals surface area contributed by atoms with Crippen molar-refractivity contribution in [2.45, 2.75) is 26.6 Å². The molecule has 0 aromatic heterocycles. The van der Waals surface area contributed by atoms with Crippen LogP contribution in [0.5, 0.6) is 0 Å². The third-order valence-corrected chi connectivity index (χ3v) is 4.20. The van der Waals surface area contributed by atoms with E-state index < -0.39 is 8.07 Å². The van der Waals surface area contributed by atoms with Gasteiger partial charge >= 0.3 is 123 Å². The summed E-state index contributed by atoms with van der Waals surface area (Å²) in [6.07, 6.45) is 0. The van der Waals surface area contributed by atoms with E-state index in [0.29, 0.717) is 0 Å². The van der Waals surface area contributed by atoms with Gasteiger partial charge in [-0.1, -0.05) is 0 Å². The molecule has 0 aliphatic heterocycles. The summed E-state index contributed by atoms with van der Waals surface area (Å²) in [5, 5.41) is 1.34. The molecule has 0 unspecified atom stereocenters. The zero-order valence-corrected chi connectivity index (χ0v) is 13.4.